The highest BCUT2D eigenvalue weighted by Crippen LogP contribution is 2.47. The van der Waals surface area contributed by atoms with Crippen molar-refractivity contribution < 1.29 is 4.79 Å². The molecule has 0 fully saturated rings. The molecule has 1 aliphatic heterocycles. The van der Waals surface area contributed by atoms with Gasteiger partial charge in [-0.2, -0.15) is 10.4 Å². The number of nitrogens with zero attached hydrogens (tertiary/aromatic N) is 6. The number of anilines is 1. The van der Waals surface area contributed by atoms with Crippen molar-refractivity contribution in [2.24, 2.45) is 12.8 Å². The summed E-state index contributed by atoms with van der Waals surface area (Å²) in [5.74, 6) is -0.132. The third-order valence-electron chi connectivity index (χ3n) is 5.42. The highest BCUT2D eigenvalue weighted by atomic mass is 32.2. The Balaban J connectivity index is 1.90. The van der Waals surface area contributed by atoms with Crippen LogP contribution in [0.5, 0.6) is 0 Å². The molecule has 0 saturated carbocycles. The van der Waals surface area contributed by atoms with Gasteiger partial charge in [-0.05, 0) is 19.8 Å². The van der Waals surface area contributed by atoms with Crippen molar-refractivity contribution in [3.05, 3.63) is 40.1 Å². The molecule has 0 amide bonds. The second-order valence-corrected chi connectivity index (χ2v) is 10.4. The highest BCUT2D eigenvalue weighted by molar-refractivity contribution is 8.01. The van der Waals surface area contributed by atoms with E-state index in [9.17, 15) is 10.1 Å². The van der Waals surface area contributed by atoms with Gasteiger partial charge in [0.15, 0.2) is 10.1 Å². The predicted molar refractivity (Wildman–Crippen MR) is 117 cm³/mol. The largest absolute Gasteiger partial charge is 0.384 e. The van der Waals surface area contributed by atoms with E-state index in [0.717, 1.165) is 27.7 Å². The second kappa shape index (κ2) is 7.89. The molecule has 0 bridgehead atoms. The van der Waals surface area contributed by atoms with Crippen LogP contribution < -0.4 is 10.6 Å². The molecule has 4 rings (SSSR count). The van der Waals surface area contributed by atoms with Gasteiger partial charge >= 0.3 is 0 Å². The van der Waals surface area contributed by atoms with Gasteiger partial charge in [0.25, 0.3) is 0 Å². The van der Waals surface area contributed by atoms with Gasteiger partial charge in [0, 0.05) is 41.2 Å². The minimum atomic E-state index is -0.500. The molecule has 3 heterocycles. The molecule has 10 heteroatoms. The first-order valence-electron chi connectivity index (χ1n) is 9.78. The number of aryl methyl sites for hydroxylation is 1. The zero-order chi connectivity index (χ0) is 21.6. The SMILES string of the molecule is Cc1c([C@H]2C(C#N)=C(N)N(c3nnc(SC(C)C)s3)C3=C2C(=O)CCC3)cnn1C. The van der Waals surface area contributed by atoms with Gasteiger partial charge in [0.1, 0.15) is 5.82 Å². The summed E-state index contributed by atoms with van der Waals surface area (Å²) in [5, 5.41) is 23.9. The summed E-state index contributed by atoms with van der Waals surface area (Å²) in [6.07, 6.45) is 3.64. The maximum atomic E-state index is 13.1. The minimum Gasteiger partial charge on any atom is -0.384 e. The molecule has 30 heavy (non-hydrogen) atoms. The predicted octanol–water partition coefficient (Wildman–Crippen LogP) is 3.39. The van der Waals surface area contributed by atoms with Crippen LogP contribution in [-0.2, 0) is 11.8 Å². The number of aromatic nitrogens is 4. The third kappa shape index (κ3) is 3.32. The lowest BCUT2D eigenvalue weighted by Gasteiger charge is -2.37. The number of nitriles is 1. The number of allylic oxidation sites excluding steroid dienone is 3. The Bertz CT molecular complexity index is 1120. The number of nitrogens with two attached hydrogens (primary N) is 1. The lowest BCUT2D eigenvalue weighted by Crippen LogP contribution is -2.38. The molecule has 0 unspecified atom stereocenters. The fraction of sp³-hybridized carbons (Fsp3) is 0.450. The lowest BCUT2D eigenvalue weighted by molar-refractivity contribution is -0.116. The molecular formula is C20H23N7OS2. The molecule has 8 nitrogen and oxygen atoms in total. The fourth-order valence-electron chi connectivity index (χ4n) is 3.96. The summed E-state index contributed by atoms with van der Waals surface area (Å²) in [5.41, 5.74) is 10.1. The Morgan fingerprint density at radius 2 is 2.13 bits per heavy atom. The van der Waals surface area contributed by atoms with Gasteiger partial charge in [0.2, 0.25) is 5.13 Å². The topological polar surface area (TPSA) is 114 Å². The number of hydrogen-bond donors (Lipinski definition) is 1. The minimum absolute atomic E-state index is 0.0519. The standard InChI is InChI=1S/C20H23N7OS2/c1-10(2)29-20-25-24-19(30-20)27-14-6-5-7-15(28)17(14)16(12(8-21)18(27)22)13-9-23-26(4)11(13)3/h9-10,16H,5-7,22H2,1-4H3/t16-/m1/s1. The Labute approximate surface area is 183 Å². The van der Waals surface area contributed by atoms with Crippen molar-refractivity contribution in [2.45, 2.75) is 55.5 Å². The van der Waals surface area contributed by atoms with Crippen LogP contribution in [0, 0.1) is 18.3 Å². The average molecular weight is 442 g/mol. The van der Waals surface area contributed by atoms with Crippen LogP contribution in [0.1, 0.15) is 50.3 Å². The Morgan fingerprint density at radius 1 is 1.37 bits per heavy atom. The van der Waals surface area contributed by atoms with E-state index in [1.54, 1.807) is 27.5 Å². The zero-order valence-corrected chi connectivity index (χ0v) is 19.0. The molecule has 1 aliphatic carbocycles. The summed E-state index contributed by atoms with van der Waals surface area (Å²) < 4.78 is 2.58. The van der Waals surface area contributed by atoms with Crippen LogP contribution in [0.15, 0.2) is 33.2 Å². The van der Waals surface area contributed by atoms with Crippen LogP contribution in [0.3, 0.4) is 0 Å². The van der Waals surface area contributed by atoms with Gasteiger partial charge in [-0.1, -0.05) is 36.9 Å². The normalized spacial score (nSPS) is 19.5. The maximum Gasteiger partial charge on any atom is 0.219 e. The molecule has 2 aliphatic rings. The zero-order valence-electron chi connectivity index (χ0n) is 17.3. The molecule has 0 spiro atoms. The van der Waals surface area contributed by atoms with Gasteiger partial charge < -0.3 is 5.73 Å². The molecule has 2 aromatic heterocycles. The number of Topliss-reactive ketones (excluding diaryl/α,β-unsaturated/α-hetero) is 1. The number of carbonyl (C=O) groups excluding carboxylic acids is 1. The Hall–Kier alpha value is -2.64. The van der Waals surface area contributed by atoms with E-state index in [1.807, 2.05) is 14.0 Å². The summed E-state index contributed by atoms with van der Waals surface area (Å²) in [6, 6.07) is 2.27. The van der Waals surface area contributed by atoms with Crippen molar-refractivity contribution in [1.82, 2.24) is 20.0 Å². The van der Waals surface area contributed by atoms with Crippen molar-refractivity contribution in [3.63, 3.8) is 0 Å². The fourth-order valence-corrected chi connectivity index (χ4v) is 6.06. The monoisotopic (exact) mass is 441 g/mol. The second-order valence-electron chi connectivity index (χ2n) is 7.64. The number of thioether (sulfide) groups is 1. The first-order chi connectivity index (χ1) is 14.3. The lowest BCUT2D eigenvalue weighted by atomic mass is 9.76. The Morgan fingerprint density at radius 3 is 2.77 bits per heavy atom. The molecule has 1 atom stereocenters. The number of ketones is 1. The molecule has 0 aromatic carbocycles. The smallest absolute Gasteiger partial charge is 0.219 e. The Kier molecular flexibility index (Phi) is 5.42. The van der Waals surface area contributed by atoms with E-state index >= 15 is 0 Å². The molecule has 156 valence electrons. The van der Waals surface area contributed by atoms with Crippen molar-refractivity contribution in [3.8, 4) is 6.07 Å². The van der Waals surface area contributed by atoms with Crippen LogP contribution >= 0.6 is 23.1 Å². The summed E-state index contributed by atoms with van der Waals surface area (Å²) >= 11 is 3.05. The van der Waals surface area contributed by atoms with Crippen molar-refractivity contribution in [1.29, 1.82) is 5.26 Å². The number of hydrogen-bond acceptors (Lipinski definition) is 9. The van der Waals surface area contributed by atoms with E-state index in [1.165, 1.54) is 11.3 Å². The molecule has 0 radical (unpaired) electrons. The van der Waals surface area contributed by atoms with E-state index in [4.69, 9.17) is 5.73 Å². The molecule has 2 N–H and O–H groups in total. The van der Waals surface area contributed by atoms with E-state index in [2.05, 4.69) is 35.2 Å². The van der Waals surface area contributed by atoms with E-state index < -0.39 is 5.92 Å². The van der Waals surface area contributed by atoms with Gasteiger partial charge in [-0.3, -0.25) is 14.4 Å². The van der Waals surface area contributed by atoms with Crippen LogP contribution in [0.4, 0.5) is 5.13 Å². The van der Waals surface area contributed by atoms with Crippen LogP contribution in [-0.4, -0.2) is 31.0 Å². The molecular weight excluding hydrogens is 418 g/mol. The molecule has 2 aromatic rings. The van der Waals surface area contributed by atoms with E-state index in [0.29, 0.717) is 40.2 Å². The highest BCUT2D eigenvalue weighted by Gasteiger charge is 2.42. The van der Waals surface area contributed by atoms with Crippen LogP contribution in [0.25, 0.3) is 0 Å². The summed E-state index contributed by atoms with van der Waals surface area (Å²) in [4.78, 5) is 14.9. The van der Waals surface area contributed by atoms with E-state index in [-0.39, 0.29) is 5.78 Å². The summed E-state index contributed by atoms with van der Waals surface area (Å²) in [7, 11) is 1.85. The average Bonchev–Trinajstić information content (AvgIpc) is 3.27. The van der Waals surface area contributed by atoms with Crippen LogP contribution in [0.2, 0.25) is 0 Å². The number of rotatable bonds is 4. The maximum absolute atomic E-state index is 13.1. The number of carbonyl (C=O) groups is 1. The summed E-state index contributed by atoms with van der Waals surface area (Å²) in [6.45, 7) is 6.12. The first-order valence-corrected chi connectivity index (χ1v) is 11.5. The third-order valence-corrected chi connectivity index (χ3v) is 7.42. The molecule has 0 saturated heterocycles. The van der Waals surface area contributed by atoms with Gasteiger partial charge in [-0.25, -0.2) is 0 Å². The quantitative estimate of drug-likeness (QED) is 0.718. The van der Waals surface area contributed by atoms with Gasteiger partial charge in [0.05, 0.1) is 23.8 Å². The van der Waals surface area contributed by atoms with Crippen molar-refractivity contribution >= 4 is 34.0 Å². The van der Waals surface area contributed by atoms with Gasteiger partial charge in [-0.15, -0.1) is 10.2 Å². The first kappa shape index (κ1) is 20.6. The van der Waals surface area contributed by atoms with Crippen molar-refractivity contribution in [2.75, 3.05) is 4.90 Å².